The number of nitrogens with zero attached hydrogens (tertiary/aromatic N) is 1. The maximum Gasteiger partial charge on any atom is 0.251 e. The van der Waals surface area contributed by atoms with Crippen LogP contribution >= 0.6 is 0 Å². The number of benzene rings is 1. The SMILES string of the molecule is CC(C)(C)N1CCC(=Cc2ccc(Cc3ccc[nH]c3=O)cc2)CC1. The fourth-order valence-corrected chi connectivity index (χ4v) is 3.39. The van der Waals surface area contributed by atoms with Crippen LogP contribution in [0, 0.1) is 0 Å². The molecule has 0 radical (unpaired) electrons. The van der Waals surface area contributed by atoms with Gasteiger partial charge in [0, 0.05) is 36.8 Å². The van der Waals surface area contributed by atoms with Crippen LogP contribution in [-0.2, 0) is 6.42 Å². The zero-order valence-electron chi connectivity index (χ0n) is 15.5. The van der Waals surface area contributed by atoms with E-state index in [1.54, 1.807) is 6.20 Å². The number of nitrogens with one attached hydrogen (secondary N) is 1. The highest BCUT2D eigenvalue weighted by Crippen LogP contribution is 2.25. The predicted octanol–water partition coefficient (Wildman–Crippen LogP) is 4.24. The van der Waals surface area contributed by atoms with Crippen LogP contribution in [0.25, 0.3) is 6.08 Å². The topological polar surface area (TPSA) is 36.1 Å². The molecule has 132 valence electrons. The van der Waals surface area contributed by atoms with Gasteiger partial charge in [-0.1, -0.05) is 42.0 Å². The first-order valence-corrected chi connectivity index (χ1v) is 9.12. The second kappa shape index (κ2) is 7.40. The molecule has 0 bridgehead atoms. The van der Waals surface area contributed by atoms with Crippen LogP contribution in [-0.4, -0.2) is 28.5 Å². The molecule has 1 aromatic carbocycles. The molecule has 2 heterocycles. The Morgan fingerprint density at radius 1 is 1.08 bits per heavy atom. The molecule has 3 nitrogen and oxygen atoms in total. The highest BCUT2D eigenvalue weighted by atomic mass is 16.1. The van der Waals surface area contributed by atoms with E-state index in [9.17, 15) is 4.79 Å². The molecule has 0 unspecified atom stereocenters. The van der Waals surface area contributed by atoms with Crippen molar-refractivity contribution in [1.82, 2.24) is 9.88 Å². The van der Waals surface area contributed by atoms with E-state index in [1.807, 2.05) is 12.1 Å². The van der Waals surface area contributed by atoms with Gasteiger partial charge in [-0.25, -0.2) is 0 Å². The summed E-state index contributed by atoms with van der Waals surface area (Å²) in [5.74, 6) is 0. The maximum atomic E-state index is 11.8. The van der Waals surface area contributed by atoms with E-state index in [1.165, 1.54) is 16.7 Å². The van der Waals surface area contributed by atoms with Gasteiger partial charge < -0.3 is 4.98 Å². The lowest BCUT2D eigenvalue weighted by Gasteiger charge is -2.39. The Balaban J connectivity index is 1.63. The van der Waals surface area contributed by atoms with E-state index in [-0.39, 0.29) is 11.1 Å². The van der Waals surface area contributed by atoms with Crippen LogP contribution in [0.2, 0.25) is 0 Å². The number of likely N-dealkylation sites (tertiary alicyclic amines) is 1. The van der Waals surface area contributed by atoms with Crippen LogP contribution in [0.15, 0.2) is 53.0 Å². The first-order chi connectivity index (χ1) is 11.9. The van der Waals surface area contributed by atoms with E-state index in [4.69, 9.17) is 0 Å². The molecule has 0 atom stereocenters. The Hall–Kier alpha value is -2.13. The van der Waals surface area contributed by atoms with Gasteiger partial charge in [0.25, 0.3) is 5.56 Å². The van der Waals surface area contributed by atoms with Gasteiger partial charge in [-0.3, -0.25) is 9.69 Å². The third-order valence-electron chi connectivity index (χ3n) is 5.00. The van der Waals surface area contributed by atoms with Crippen molar-refractivity contribution in [3.05, 3.63) is 75.2 Å². The molecule has 1 aliphatic heterocycles. The average molecular weight is 336 g/mol. The summed E-state index contributed by atoms with van der Waals surface area (Å²) in [6, 6.07) is 12.3. The Kier molecular flexibility index (Phi) is 5.24. The molecule has 0 aliphatic carbocycles. The van der Waals surface area contributed by atoms with Crippen molar-refractivity contribution in [3.8, 4) is 0 Å². The lowest BCUT2D eigenvalue weighted by Crippen LogP contribution is -2.44. The molecular weight excluding hydrogens is 308 g/mol. The van der Waals surface area contributed by atoms with E-state index in [0.29, 0.717) is 6.42 Å². The zero-order valence-corrected chi connectivity index (χ0v) is 15.5. The molecular formula is C22H28N2O. The Morgan fingerprint density at radius 3 is 2.36 bits per heavy atom. The molecule has 1 saturated heterocycles. The van der Waals surface area contributed by atoms with E-state index >= 15 is 0 Å². The molecule has 3 heteroatoms. The van der Waals surface area contributed by atoms with Gasteiger partial charge in [0.2, 0.25) is 0 Å². The van der Waals surface area contributed by atoms with Crippen LogP contribution in [0.3, 0.4) is 0 Å². The number of aromatic amines is 1. The quantitative estimate of drug-likeness (QED) is 0.910. The van der Waals surface area contributed by atoms with Crippen molar-refractivity contribution >= 4 is 6.08 Å². The molecule has 0 saturated carbocycles. The second-order valence-electron chi connectivity index (χ2n) is 7.90. The van der Waals surface area contributed by atoms with Crippen LogP contribution in [0.4, 0.5) is 0 Å². The normalized spacial score (nSPS) is 16.0. The Bertz CT molecular complexity index is 784. The number of pyridine rings is 1. The van der Waals surface area contributed by atoms with E-state index in [2.05, 4.69) is 61.0 Å². The third-order valence-corrected chi connectivity index (χ3v) is 5.00. The van der Waals surface area contributed by atoms with Crippen molar-refractivity contribution in [2.24, 2.45) is 0 Å². The molecule has 1 N–H and O–H groups in total. The number of H-pyrrole nitrogens is 1. The van der Waals surface area contributed by atoms with Gasteiger partial charge in [0.15, 0.2) is 0 Å². The van der Waals surface area contributed by atoms with Gasteiger partial charge in [0.1, 0.15) is 0 Å². The number of piperidine rings is 1. The summed E-state index contributed by atoms with van der Waals surface area (Å²) in [7, 11) is 0. The average Bonchev–Trinajstić information content (AvgIpc) is 2.58. The Labute approximate surface area is 150 Å². The minimum atomic E-state index is -0.000646. The van der Waals surface area contributed by atoms with Crippen molar-refractivity contribution in [2.45, 2.75) is 45.6 Å². The smallest absolute Gasteiger partial charge is 0.251 e. The molecule has 1 fully saturated rings. The third kappa shape index (κ3) is 4.70. The van der Waals surface area contributed by atoms with Crippen molar-refractivity contribution in [2.75, 3.05) is 13.1 Å². The van der Waals surface area contributed by atoms with E-state index in [0.717, 1.165) is 31.5 Å². The van der Waals surface area contributed by atoms with Gasteiger partial charge in [0.05, 0.1) is 0 Å². The molecule has 1 aliphatic rings. The van der Waals surface area contributed by atoms with Crippen molar-refractivity contribution in [3.63, 3.8) is 0 Å². The fraction of sp³-hybridized carbons (Fsp3) is 0.409. The number of hydrogen-bond donors (Lipinski definition) is 1. The minimum Gasteiger partial charge on any atom is -0.329 e. The van der Waals surface area contributed by atoms with Crippen molar-refractivity contribution in [1.29, 1.82) is 0 Å². The lowest BCUT2D eigenvalue weighted by atomic mass is 9.96. The van der Waals surface area contributed by atoms with Gasteiger partial charge >= 0.3 is 0 Å². The highest BCUT2D eigenvalue weighted by molar-refractivity contribution is 5.53. The summed E-state index contributed by atoms with van der Waals surface area (Å²) in [5.41, 5.74) is 5.03. The first kappa shape index (κ1) is 17.7. The summed E-state index contributed by atoms with van der Waals surface area (Å²) in [6.45, 7) is 9.16. The molecule has 3 rings (SSSR count). The first-order valence-electron chi connectivity index (χ1n) is 9.12. The van der Waals surface area contributed by atoms with Crippen LogP contribution in [0.5, 0.6) is 0 Å². The van der Waals surface area contributed by atoms with Crippen LogP contribution < -0.4 is 5.56 Å². The van der Waals surface area contributed by atoms with E-state index < -0.39 is 0 Å². The molecule has 1 aromatic heterocycles. The largest absolute Gasteiger partial charge is 0.329 e. The fourth-order valence-electron chi connectivity index (χ4n) is 3.39. The monoisotopic (exact) mass is 336 g/mol. The summed E-state index contributed by atoms with van der Waals surface area (Å²) in [5, 5.41) is 0. The van der Waals surface area contributed by atoms with Gasteiger partial charge in [-0.15, -0.1) is 0 Å². The van der Waals surface area contributed by atoms with Gasteiger partial charge in [-0.2, -0.15) is 0 Å². The summed E-state index contributed by atoms with van der Waals surface area (Å²) >= 11 is 0. The Morgan fingerprint density at radius 2 is 1.76 bits per heavy atom. The highest BCUT2D eigenvalue weighted by Gasteiger charge is 2.24. The molecule has 0 spiro atoms. The zero-order chi connectivity index (χ0) is 17.9. The lowest BCUT2D eigenvalue weighted by molar-refractivity contribution is 0.126. The molecule has 0 amide bonds. The predicted molar refractivity (Wildman–Crippen MR) is 105 cm³/mol. The van der Waals surface area contributed by atoms with Crippen molar-refractivity contribution < 1.29 is 0 Å². The number of rotatable bonds is 3. The minimum absolute atomic E-state index is 0.000646. The second-order valence-corrected chi connectivity index (χ2v) is 7.90. The standard InChI is InChI=1S/C22H28N2O/c1-22(2,3)24-13-10-19(11-14-24)15-17-6-8-18(9-7-17)16-20-5-4-12-23-21(20)25/h4-9,12,15H,10-11,13-14,16H2,1-3H3,(H,23,25). The van der Waals surface area contributed by atoms with Gasteiger partial charge in [-0.05, 0) is 50.8 Å². The summed E-state index contributed by atoms with van der Waals surface area (Å²) in [4.78, 5) is 17.1. The number of aromatic nitrogens is 1. The van der Waals surface area contributed by atoms with Crippen LogP contribution in [0.1, 0.15) is 50.3 Å². The summed E-state index contributed by atoms with van der Waals surface area (Å²) < 4.78 is 0. The number of hydrogen-bond acceptors (Lipinski definition) is 2. The summed E-state index contributed by atoms with van der Waals surface area (Å²) in [6.07, 6.45) is 6.98. The maximum absolute atomic E-state index is 11.8. The molecule has 2 aromatic rings. The molecule has 25 heavy (non-hydrogen) atoms.